The van der Waals surface area contributed by atoms with Gasteiger partial charge in [-0.1, -0.05) is 58.5 Å². The number of nitrogens with two attached hydrogens (primary N) is 2. The van der Waals surface area contributed by atoms with E-state index in [1.165, 1.54) is 6.07 Å². The van der Waals surface area contributed by atoms with Gasteiger partial charge in [0.2, 0.25) is 0 Å². The summed E-state index contributed by atoms with van der Waals surface area (Å²) in [5, 5.41) is 11.0. The molecule has 0 bridgehead atoms. The van der Waals surface area contributed by atoms with Crippen molar-refractivity contribution in [2.75, 3.05) is 11.5 Å². The second kappa shape index (κ2) is 13.4. The molecule has 0 saturated carbocycles. The van der Waals surface area contributed by atoms with Gasteiger partial charge in [0.1, 0.15) is 13.2 Å². The molecule has 0 unspecified atom stereocenters. The van der Waals surface area contributed by atoms with Crippen molar-refractivity contribution in [2.45, 2.75) is 20.1 Å². The van der Waals surface area contributed by atoms with Gasteiger partial charge >= 0.3 is 5.97 Å². The van der Waals surface area contributed by atoms with Gasteiger partial charge in [0.15, 0.2) is 23.1 Å². The van der Waals surface area contributed by atoms with Crippen molar-refractivity contribution in [2.24, 2.45) is 0 Å². The van der Waals surface area contributed by atoms with Crippen LogP contribution in [-0.2, 0) is 13.2 Å². The maximum Gasteiger partial charge on any atom is 0.337 e. The minimum atomic E-state index is -1.11. The smallest absolute Gasteiger partial charge is 0.337 e. The van der Waals surface area contributed by atoms with Crippen molar-refractivity contribution >= 4 is 64.0 Å². The van der Waals surface area contributed by atoms with Crippen molar-refractivity contribution in [3.8, 4) is 11.5 Å². The lowest BCUT2D eigenvalue weighted by Crippen LogP contribution is -2.05. The number of aryl methyl sites for hydroxylation is 1. The fourth-order valence-electron chi connectivity index (χ4n) is 3.00. The molecule has 0 atom stereocenters. The first-order chi connectivity index (χ1) is 18.1. The third-order valence-electron chi connectivity index (χ3n) is 5.01. The zero-order valence-electron chi connectivity index (χ0n) is 19.9. The van der Waals surface area contributed by atoms with Crippen LogP contribution in [0.4, 0.5) is 11.6 Å². The fourth-order valence-corrected chi connectivity index (χ4v) is 4.01. The second-order valence-corrected chi connectivity index (χ2v) is 9.42. The summed E-state index contributed by atoms with van der Waals surface area (Å²) in [6.45, 7) is 2.24. The summed E-state index contributed by atoms with van der Waals surface area (Å²) in [6.07, 6.45) is 2.84. The van der Waals surface area contributed by atoms with Crippen LogP contribution < -0.4 is 20.9 Å². The van der Waals surface area contributed by atoms with E-state index >= 15 is 0 Å². The molecule has 198 valence electrons. The van der Waals surface area contributed by atoms with Gasteiger partial charge in [-0.25, -0.2) is 14.8 Å². The molecule has 0 amide bonds. The average Bonchev–Trinajstić information content (AvgIpc) is 2.86. The topological polar surface area (TPSA) is 134 Å². The highest BCUT2D eigenvalue weighted by Crippen LogP contribution is 2.29. The zero-order chi connectivity index (χ0) is 27.8. The van der Waals surface area contributed by atoms with Crippen molar-refractivity contribution < 1.29 is 19.4 Å². The molecule has 0 fully saturated rings. The number of carboxylic acids is 1. The summed E-state index contributed by atoms with van der Waals surface area (Å²) in [4.78, 5) is 18.7. The highest BCUT2D eigenvalue weighted by Gasteiger charge is 2.12. The molecule has 0 saturated heterocycles. The fraction of sp³-hybridized carbons (Fsp3) is 0.115. The summed E-state index contributed by atoms with van der Waals surface area (Å²) in [5.41, 5.74) is 13.7. The summed E-state index contributed by atoms with van der Waals surface area (Å²) in [6, 6.07) is 13.5. The van der Waals surface area contributed by atoms with E-state index in [9.17, 15) is 4.79 Å². The number of nitrogens with zero attached hydrogens (tertiary/aromatic N) is 2. The van der Waals surface area contributed by atoms with E-state index in [1.807, 2.05) is 13.0 Å². The van der Waals surface area contributed by atoms with Crippen molar-refractivity contribution in [1.82, 2.24) is 9.97 Å². The van der Waals surface area contributed by atoms with Gasteiger partial charge in [-0.3, -0.25) is 0 Å². The Morgan fingerprint density at radius 2 is 1.21 bits per heavy atom. The predicted molar refractivity (Wildman–Crippen MR) is 151 cm³/mol. The Labute approximate surface area is 239 Å². The normalized spacial score (nSPS) is 10.3. The third-order valence-corrected chi connectivity index (χ3v) is 6.43. The van der Waals surface area contributed by atoms with E-state index in [2.05, 4.69) is 9.97 Å². The molecule has 4 rings (SSSR count). The number of ether oxygens (including phenoxy) is 2. The predicted octanol–water partition coefficient (Wildman–Crippen LogP) is 7.11. The van der Waals surface area contributed by atoms with Crippen molar-refractivity contribution in [1.29, 1.82) is 0 Å². The van der Waals surface area contributed by atoms with Crippen LogP contribution in [-0.4, -0.2) is 21.0 Å². The molecule has 8 nitrogen and oxygen atoms in total. The number of hydrogen-bond donors (Lipinski definition) is 3. The number of aromatic carboxylic acids is 1. The molecule has 0 aliphatic carbocycles. The van der Waals surface area contributed by atoms with Crippen molar-refractivity contribution in [3.05, 3.63) is 103 Å². The number of halogens is 4. The molecule has 0 radical (unpaired) electrons. The Hall–Kier alpha value is -3.43. The van der Waals surface area contributed by atoms with Crippen molar-refractivity contribution in [3.63, 3.8) is 0 Å². The van der Waals surface area contributed by atoms with E-state index in [-0.39, 0.29) is 30.3 Å². The number of anilines is 2. The Kier molecular flexibility index (Phi) is 10.3. The van der Waals surface area contributed by atoms with E-state index in [0.717, 1.165) is 17.3 Å². The Bertz CT molecular complexity index is 1410. The van der Waals surface area contributed by atoms with E-state index in [0.29, 0.717) is 37.2 Å². The van der Waals surface area contributed by atoms with E-state index in [4.69, 9.17) is 72.5 Å². The number of benzene rings is 2. The summed E-state index contributed by atoms with van der Waals surface area (Å²) in [5.74, 6) is 0.0342. The molecule has 2 aromatic heterocycles. The average molecular weight is 596 g/mol. The van der Waals surface area contributed by atoms with Crippen LogP contribution in [0.3, 0.4) is 0 Å². The molecule has 4 aromatic rings. The Morgan fingerprint density at radius 3 is 1.66 bits per heavy atom. The van der Waals surface area contributed by atoms with Gasteiger partial charge in [-0.2, -0.15) is 0 Å². The van der Waals surface area contributed by atoms with Gasteiger partial charge < -0.3 is 26.0 Å². The van der Waals surface area contributed by atoms with Crippen LogP contribution in [0, 0.1) is 6.92 Å². The number of nitrogen functional groups attached to an aromatic ring is 2. The van der Waals surface area contributed by atoms with Crippen LogP contribution >= 0.6 is 46.4 Å². The van der Waals surface area contributed by atoms with Gasteiger partial charge in [-0.15, -0.1) is 0 Å². The number of rotatable bonds is 7. The molecule has 0 spiro atoms. The van der Waals surface area contributed by atoms with Crippen LogP contribution in [0.25, 0.3) is 0 Å². The van der Waals surface area contributed by atoms with Gasteiger partial charge in [-0.05, 0) is 42.8 Å². The van der Waals surface area contributed by atoms with E-state index < -0.39 is 5.97 Å². The Morgan fingerprint density at radius 1 is 0.789 bits per heavy atom. The number of pyridine rings is 2. The largest absolute Gasteiger partial charge is 0.485 e. The third kappa shape index (κ3) is 7.79. The maximum absolute atomic E-state index is 10.9. The first kappa shape index (κ1) is 29.1. The highest BCUT2D eigenvalue weighted by molar-refractivity contribution is 6.36. The summed E-state index contributed by atoms with van der Waals surface area (Å²) >= 11 is 24.1. The van der Waals surface area contributed by atoms with Crippen LogP contribution in [0.2, 0.25) is 20.1 Å². The molecule has 2 aromatic carbocycles. The molecule has 38 heavy (non-hydrogen) atoms. The second-order valence-electron chi connectivity index (χ2n) is 7.79. The summed E-state index contributed by atoms with van der Waals surface area (Å²) < 4.78 is 11.1. The minimum Gasteiger partial charge on any atom is -0.485 e. The minimum absolute atomic E-state index is 0.0144. The van der Waals surface area contributed by atoms with Gasteiger partial charge in [0.25, 0.3) is 0 Å². The van der Waals surface area contributed by atoms with Crippen LogP contribution in [0.5, 0.6) is 11.5 Å². The molecular formula is C26H22Cl4N4O4. The number of aromatic nitrogens is 2. The highest BCUT2D eigenvalue weighted by atomic mass is 35.5. The lowest BCUT2D eigenvalue weighted by atomic mass is 10.2. The standard InChI is InChI=1S/C13H10Cl2N2O3.C13H12Cl2N2O/c14-9-2-1-3-10(15)8(9)6-20-11-4-7(13(18)19)5-17-12(11)16;1-8-5-12(13(16)17-6-8)18-7-9-10(14)3-2-4-11(9)15/h1-5H,6H2,(H2,16,17)(H,18,19);2-6H,7H2,1H3,(H2,16,17). The first-order valence-corrected chi connectivity index (χ1v) is 12.4. The first-order valence-electron chi connectivity index (χ1n) is 10.9. The number of hydrogen-bond acceptors (Lipinski definition) is 7. The lowest BCUT2D eigenvalue weighted by molar-refractivity contribution is 0.0696. The quantitative estimate of drug-likeness (QED) is 0.206. The SMILES string of the molecule is Cc1cnc(N)c(OCc2c(Cl)cccc2Cl)c1.Nc1ncc(C(=O)O)cc1OCc1c(Cl)cccc1Cl. The van der Waals surface area contributed by atoms with Gasteiger partial charge in [0.05, 0.1) is 5.56 Å². The Balaban J connectivity index is 0.000000212. The lowest BCUT2D eigenvalue weighted by Gasteiger charge is -2.11. The number of carboxylic acid groups (broad SMARTS) is 1. The summed E-state index contributed by atoms with van der Waals surface area (Å²) in [7, 11) is 0. The van der Waals surface area contributed by atoms with E-state index in [1.54, 1.807) is 42.6 Å². The molecule has 0 aliphatic rings. The van der Waals surface area contributed by atoms with Crippen LogP contribution in [0.15, 0.2) is 60.9 Å². The maximum atomic E-state index is 10.9. The molecule has 0 aliphatic heterocycles. The number of carbonyl (C=O) groups is 1. The van der Waals surface area contributed by atoms with Crippen LogP contribution in [0.1, 0.15) is 27.0 Å². The molecule has 5 N–H and O–H groups in total. The molecule has 2 heterocycles. The zero-order valence-corrected chi connectivity index (χ0v) is 22.9. The molecular weight excluding hydrogens is 574 g/mol. The molecule has 12 heteroatoms. The van der Waals surface area contributed by atoms with Gasteiger partial charge in [0, 0.05) is 49.7 Å². The monoisotopic (exact) mass is 594 g/mol.